The molecule has 4 rings (SSSR count). The normalized spacial score (nSPS) is 23.3. The summed E-state index contributed by atoms with van der Waals surface area (Å²) in [7, 11) is 0. The molecule has 2 saturated heterocycles. The van der Waals surface area contributed by atoms with Gasteiger partial charge in [0.1, 0.15) is 5.82 Å². The van der Waals surface area contributed by atoms with E-state index in [1.807, 2.05) is 0 Å². The standard InChI is InChI=1S/C25H43N5/c1-3-20(4-2)18-29-15-10-7-12-21(19-29)26-25-27-23-14-11-13-22(23)24(28-25)30-16-8-5-6-9-17-30/h20-21H,3-19H2,1-2H3,(H,26,27,28)/t21-/m0/s1. The first-order chi connectivity index (χ1) is 14.8. The lowest BCUT2D eigenvalue weighted by Crippen LogP contribution is -2.38. The molecular formula is C25H43N5. The number of hydrogen-bond acceptors (Lipinski definition) is 5. The Labute approximate surface area is 184 Å². The van der Waals surface area contributed by atoms with Crippen LogP contribution in [0.15, 0.2) is 0 Å². The molecule has 1 aliphatic carbocycles. The molecule has 2 aliphatic heterocycles. The van der Waals surface area contributed by atoms with E-state index in [9.17, 15) is 0 Å². The molecule has 168 valence electrons. The van der Waals surface area contributed by atoms with Gasteiger partial charge in [-0.15, -0.1) is 0 Å². The van der Waals surface area contributed by atoms with E-state index in [0.29, 0.717) is 6.04 Å². The first-order valence-corrected chi connectivity index (χ1v) is 12.9. The minimum atomic E-state index is 0.471. The molecule has 0 amide bonds. The molecule has 1 N–H and O–H groups in total. The van der Waals surface area contributed by atoms with E-state index in [-0.39, 0.29) is 0 Å². The van der Waals surface area contributed by atoms with Crippen molar-refractivity contribution in [3.63, 3.8) is 0 Å². The quantitative estimate of drug-likeness (QED) is 0.678. The average molecular weight is 414 g/mol. The van der Waals surface area contributed by atoms with Crippen LogP contribution in [0.4, 0.5) is 11.8 Å². The molecule has 3 heterocycles. The minimum absolute atomic E-state index is 0.471. The third kappa shape index (κ3) is 5.46. The molecule has 1 aromatic heterocycles. The summed E-state index contributed by atoms with van der Waals surface area (Å²) < 4.78 is 0. The Balaban J connectivity index is 1.48. The van der Waals surface area contributed by atoms with Crippen LogP contribution >= 0.6 is 0 Å². The van der Waals surface area contributed by atoms with Crippen molar-refractivity contribution in [2.45, 2.75) is 96.9 Å². The highest BCUT2D eigenvalue weighted by atomic mass is 15.2. The maximum absolute atomic E-state index is 5.14. The summed E-state index contributed by atoms with van der Waals surface area (Å²) in [5.74, 6) is 2.98. The van der Waals surface area contributed by atoms with E-state index >= 15 is 0 Å². The molecule has 30 heavy (non-hydrogen) atoms. The van der Waals surface area contributed by atoms with Crippen molar-refractivity contribution in [3.05, 3.63) is 11.3 Å². The lowest BCUT2D eigenvalue weighted by Gasteiger charge is -2.29. The Kier molecular flexibility index (Phi) is 7.86. The zero-order chi connectivity index (χ0) is 20.8. The van der Waals surface area contributed by atoms with Gasteiger partial charge in [0.2, 0.25) is 5.95 Å². The molecule has 0 spiro atoms. The van der Waals surface area contributed by atoms with Gasteiger partial charge < -0.3 is 15.1 Å². The Morgan fingerprint density at radius 2 is 1.67 bits per heavy atom. The molecule has 3 aliphatic rings. The Morgan fingerprint density at radius 3 is 2.43 bits per heavy atom. The monoisotopic (exact) mass is 413 g/mol. The summed E-state index contributed by atoms with van der Waals surface area (Å²) in [5.41, 5.74) is 2.76. The molecule has 1 atom stereocenters. The minimum Gasteiger partial charge on any atom is -0.356 e. The Morgan fingerprint density at radius 1 is 0.900 bits per heavy atom. The SMILES string of the molecule is CCC(CC)CN1CCCC[C@H](Nc2nc3c(c(N4CCCCCC4)n2)CCC3)C1. The largest absolute Gasteiger partial charge is 0.356 e. The van der Waals surface area contributed by atoms with E-state index < -0.39 is 0 Å². The van der Waals surface area contributed by atoms with Crippen LogP contribution in [0, 0.1) is 5.92 Å². The second-order valence-electron chi connectivity index (χ2n) is 9.83. The number of nitrogens with zero attached hydrogens (tertiary/aromatic N) is 4. The summed E-state index contributed by atoms with van der Waals surface area (Å²) >= 11 is 0. The van der Waals surface area contributed by atoms with E-state index in [1.165, 1.54) is 94.4 Å². The molecule has 5 nitrogen and oxygen atoms in total. The lowest BCUT2D eigenvalue weighted by molar-refractivity contribution is 0.226. The number of fused-ring (bicyclic) bond motifs is 1. The number of aromatic nitrogens is 2. The van der Waals surface area contributed by atoms with Gasteiger partial charge in [-0.25, -0.2) is 4.98 Å². The number of likely N-dealkylation sites (tertiary alicyclic amines) is 1. The molecule has 5 heteroatoms. The molecule has 2 fully saturated rings. The number of aryl methyl sites for hydroxylation is 1. The molecular weight excluding hydrogens is 370 g/mol. The molecule has 0 aromatic carbocycles. The predicted octanol–water partition coefficient (Wildman–Crippen LogP) is 5.05. The highest BCUT2D eigenvalue weighted by Crippen LogP contribution is 2.31. The number of hydrogen-bond donors (Lipinski definition) is 1. The summed E-state index contributed by atoms with van der Waals surface area (Å²) in [6.07, 6.45) is 15.3. The van der Waals surface area contributed by atoms with Crippen molar-refractivity contribution < 1.29 is 0 Å². The van der Waals surface area contributed by atoms with Crippen LogP contribution in [-0.2, 0) is 12.8 Å². The van der Waals surface area contributed by atoms with Crippen LogP contribution in [0.5, 0.6) is 0 Å². The van der Waals surface area contributed by atoms with Gasteiger partial charge in [0.05, 0.1) is 5.69 Å². The Hall–Kier alpha value is -1.36. The Bertz CT molecular complexity index is 664. The first-order valence-electron chi connectivity index (χ1n) is 12.9. The van der Waals surface area contributed by atoms with Gasteiger partial charge in [0, 0.05) is 37.8 Å². The maximum Gasteiger partial charge on any atom is 0.225 e. The third-order valence-corrected chi connectivity index (χ3v) is 7.58. The van der Waals surface area contributed by atoms with E-state index in [2.05, 4.69) is 29.0 Å². The van der Waals surface area contributed by atoms with Crippen molar-refractivity contribution in [2.75, 3.05) is 42.9 Å². The number of nitrogens with one attached hydrogen (secondary N) is 1. The van der Waals surface area contributed by atoms with Crippen molar-refractivity contribution in [1.29, 1.82) is 0 Å². The van der Waals surface area contributed by atoms with Crippen LogP contribution in [0.25, 0.3) is 0 Å². The van der Waals surface area contributed by atoms with Crippen LogP contribution in [0.3, 0.4) is 0 Å². The van der Waals surface area contributed by atoms with Crippen LogP contribution in [-0.4, -0.2) is 53.6 Å². The van der Waals surface area contributed by atoms with Crippen LogP contribution in [0.1, 0.15) is 89.3 Å². The van der Waals surface area contributed by atoms with E-state index in [4.69, 9.17) is 9.97 Å². The van der Waals surface area contributed by atoms with Gasteiger partial charge in [0.25, 0.3) is 0 Å². The molecule has 0 bridgehead atoms. The van der Waals surface area contributed by atoms with Crippen molar-refractivity contribution in [2.24, 2.45) is 5.92 Å². The van der Waals surface area contributed by atoms with Gasteiger partial charge in [0.15, 0.2) is 0 Å². The number of anilines is 2. The zero-order valence-electron chi connectivity index (χ0n) is 19.5. The second kappa shape index (κ2) is 10.8. The third-order valence-electron chi connectivity index (χ3n) is 7.58. The summed E-state index contributed by atoms with van der Waals surface area (Å²) in [4.78, 5) is 15.4. The van der Waals surface area contributed by atoms with E-state index in [1.54, 1.807) is 0 Å². The summed E-state index contributed by atoms with van der Waals surface area (Å²) in [6.45, 7) is 10.6. The second-order valence-corrected chi connectivity index (χ2v) is 9.83. The fourth-order valence-electron chi connectivity index (χ4n) is 5.62. The molecule has 0 saturated carbocycles. The fourth-order valence-corrected chi connectivity index (χ4v) is 5.62. The topological polar surface area (TPSA) is 44.3 Å². The average Bonchev–Trinajstić information content (AvgIpc) is 2.94. The fraction of sp³-hybridized carbons (Fsp3) is 0.840. The zero-order valence-corrected chi connectivity index (χ0v) is 19.5. The molecule has 0 radical (unpaired) electrons. The van der Waals surface area contributed by atoms with Gasteiger partial charge in [-0.2, -0.15) is 4.98 Å². The number of rotatable bonds is 7. The first kappa shape index (κ1) is 21.9. The van der Waals surface area contributed by atoms with Crippen molar-refractivity contribution >= 4 is 11.8 Å². The molecule has 1 aromatic rings. The highest BCUT2D eigenvalue weighted by Gasteiger charge is 2.25. The van der Waals surface area contributed by atoms with Gasteiger partial charge in [-0.3, -0.25) is 0 Å². The lowest BCUT2D eigenvalue weighted by atomic mass is 10.0. The van der Waals surface area contributed by atoms with Gasteiger partial charge in [-0.05, 0) is 57.4 Å². The van der Waals surface area contributed by atoms with Crippen LogP contribution < -0.4 is 10.2 Å². The summed E-state index contributed by atoms with van der Waals surface area (Å²) in [5, 5.41) is 3.79. The highest BCUT2D eigenvalue weighted by molar-refractivity contribution is 5.54. The maximum atomic E-state index is 5.14. The van der Waals surface area contributed by atoms with Gasteiger partial charge in [-0.1, -0.05) is 46.0 Å². The molecule has 0 unspecified atom stereocenters. The van der Waals surface area contributed by atoms with Crippen molar-refractivity contribution in [1.82, 2.24) is 14.9 Å². The van der Waals surface area contributed by atoms with Gasteiger partial charge >= 0.3 is 0 Å². The predicted molar refractivity (Wildman–Crippen MR) is 127 cm³/mol. The smallest absolute Gasteiger partial charge is 0.225 e. The summed E-state index contributed by atoms with van der Waals surface area (Å²) in [6, 6.07) is 0.471. The van der Waals surface area contributed by atoms with Crippen molar-refractivity contribution in [3.8, 4) is 0 Å². The van der Waals surface area contributed by atoms with Crippen LogP contribution in [0.2, 0.25) is 0 Å². The van der Waals surface area contributed by atoms with E-state index in [0.717, 1.165) is 44.3 Å².